The summed E-state index contributed by atoms with van der Waals surface area (Å²) in [6, 6.07) is 0. The first-order chi connectivity index (χ1) is 7.26. The Morgan fingerprint density at radius 3 is 2.06 bits per heavy atom. The van der Waals surface area contributed by atoms with Crippen LogP contribution in [0.4, 0.5) is 0 Å². The van der Waals surface area contributed by atoms with Crippen LogP contribution in [-0.2, 0) is 0 Å². The van der Waals surface area contributed by atoms with Crippen LogP contribution in [0.2, 0.25) is 0 Å². The van der Waals surface area contributed by atoms with E-state index < -0.39 is 0 Å². The second-order valence-corrected chi connectivity index (χ2v) is 6.27. The van der Waals surface area contributed by atoms with E-state index in [4.69, 9.17) is 0 Å². The molecule has 0 saturated heterocycles. The molecule has 1 N–H and O–H groups in total. The van der Waals surface area contributed by atoms with Crippen molar-refractivity contribution in [1.82, 2.24) is 0 Å². The molecule has 0 atom stereocenters. The normalized spacial score (nSPS) is 20.6. The van der Waals surface area contributed by atoms with Gasteiger partial charge in [0.05, 0.1) is 5.41 Å². The van der Waals surface area contributed by atoms with Crippen LogP contribution in [0.15, 0.2) is 11.8 Å². The van der Waals surface area contributed by atoms with E-state index in [0.717, 1.165) is 25.7 Å². The number of carbonyl (C=O) groups excluding carboxylic acids is 1. The molecule has 92 valence electrons. The number of hydrogen-bond donors (Lipinski definition) is 0. The van der Waals surface area contributed by atoms with Crippen molar-refractivity contribution in [3.63, 3.8) is 0 Å². The Bertz CT molecular complexity index is 294. The summed E-state index contributed by atoms with van der Waals surface area (Å²) in [6.45, 7) is 7.76. The Kier molecular flexibility index (Phi) is 7.12. The smallest absolute Gasteiger partial charge is 0.875 e. The van der Waals surface area contributed by atoms with E-state index >= 15 is 0 Å². The maximum absolute atomic E-state index is 12.1. The number of allylic oxidation sites excluding steroid dienone is 2. The van der Waals surface area contributed by atoms with Gasteiger partial charge in [-0.1, -0.05) is 26.2 Å². The van der Waals surface area contributed by atoms with E-state index in [1.807, 2.05) is 27.7 Å². The Labute approximate surface area is 145 Å². The predicted molar refractivity (Wildman–Crippen MR) is 71.4 cm³/mol. The van der Waals surface area contributed by atoms with Crippen LogP contribution in [0.3, 0.4) is 0 Å². The second-order valence-electron chi connectivity index (χ2n) is 6.27. The monoisotopic (exact) mass is 362 g/mol. The van der Waals surface area contributed by atoms with Crippen molar-refractivity contribution in [2.75, 3.05) is 0 Å². The Morgan fingerprint density at radius 2 is 1.65 bits per heavy atom. The quantitative estimate of drug-likeness (QED) is 0.322. The standard InChI is InChI=1S/C14H24O2.Ba/c1-13(2,3)11(15)10-12(16)14(4)8-6-5-7-9-14;/h10,16H,5-9H2,1-4H3;/q;+2/b12-10-;. The van der Waals surface area contributed by atoms with Gasteiger partial charge in [0.15, 0.2) is 0 Å². The number of ketones is 1. The van der Waals surface area contributed by atoms with E-state index in [9.17, 15) is 9.90 Å². The van der Waals surface area contributed by atoms with Crippen LogP contribution in [-0.4, -0.2) is 59.5 Å². The Hall–Kier alpha value is 0.781. The Morgan fingerprint density at radius 1 is 1.18 bits per heavy atom. The van der Waals surface area contributed by atoms with Crippen molar-refractivity contribution >= 4 is 54.7 Å². The van der Waals surface area contributed by atoms with Crippen molar-refractivity contribution < 1.29 is 9.90 Å². The van der Waals surface area contributed by atoms with Gasteiger partial charge in [-0.2, -0.15) is 0 Å². The minimum Gasteiger partial charge on any atom is -0.875 e. The molecular formula is C14H24BaO2+2. The van der Waals surface area contributed by atoms with Gasteiger partial charge in [-0.05, 0) is 39.0 Å². The largest absolute Gasteiger partial charge is 2.00 e. The second kappa shape index (κ2) is 6.81. The van der Waals surface area contributed by atoms with E-state index in [-0.39, 0.29) is 71.3 Å². The summed E-state index contributed by atoms with van der Waals surface area (Å²) in [7, 11) is 0. The van der Waals surface area contributed by atoms with Gasteiger partial charge >= 0.3 is 54.7 Å². The zero-order chi connectivity index (χ0) is 12.4. The minimum atomic E-state index is -0.333. The van der Waals surface area contributed by atoms with Gasteiger partial charge in [-0.15, -0.1) is 5.76 Å². The molecule has 17 heavy (non-hydrogen) atoms. The van der Waals surface area contributed by atoms with Crippen molar-refractivity contribution in [1.29, 1.82) is 0 Å². The van der Waals surface area contributed by atoms with Crippen LogP contribution in [0.25, 0.3) is 0 Å². The molecule has 0 aliphatic heterocycles. The predicted octanol–water partition coefficient (Wildman–Crippen LogP) is 2.41. The summed E-state index contributed by atoms with van der Waals surface area (Å²) in [5, 5.41) is 12.1. The summed E-state index contributed by atoms with van der Waals surface area (Å²) < 4.78 is 0. The number of hydrogen-bond acceptors (Lipinski definition) is 1. The van der Waals surface area contributed by atoms with Crippen LogP contribution in [0.1, 0.15) is 59.8 Å². The van der Waals surface area contributed by atoms with Crippen LogP contribution < -0.4 is 5.11 Å². The minimum absolute atomic E-state index is 0. The molecular weight excluding hydrogens is 337 g/mol. The average Bonchev–Trinajstić information content (AvgIpc) is 2.17. The molecule has 1 aliphatic carbocycles. The SMILES string of the molecule is CC(C)(C)C(=[OH+])/C=C(\[O-])C1(C)CCCCC1.[Ba+2]. The molecule has 0 radical (unpaired) electrons. The molecule has 0 unspecified atom stereocenters. The van der Waals surface area contributed by atoms with Gasteiger partial charge in [-0.3, -0.25) is 4.79 Å². The van der Waals surface area contributed by atoms with E-state index in [0.29, 0.717) is 0 Å². The van der Waals surface area contributed by atoms with Gasteiger partial charge in [0, 0.05) is 6.08 Å². The molecule has 0 heterocycles. The average molecular weight is 362 g/mol. The molecule has 1 fully saturated rings. The first-order valence-electron chi connectivity index (χ1n) is 6.21. The first-order valence-corrected chi connectivity index (χ1v) is 6.21. The van der Waals surface area contributed by atoms with E-state index in [1.165, 1.54) is 12.5 Å². The molecule has 1 rings (SSSR count). The summed E-state index contributed by atoms with van der Waals surface area (Å²) >= 11 is 0. The Balaban J connectivity index is 0.00000256. The molecule has 1 aliphatic rings. The fourth-order valence-corrected chi connectivity index (χ4v) is 2.09. The molecule has 0 aromatic rings. The van der Waals surface area contributed by atoms with Crippen LogP contribution in [0, 0.1) is 10.8 Å². The summed E-state index contributed by atoms with van der Waals surface area (Å²) in [5.74, 6) is 0.295. The van der Waals surface area contributed by atoms with Gasteiger partial charge in [0.2, 0.25) is 0 Å². The van der Waals surface area contributed by atoms with Gasteiger partial charge in [-0.25, -0.2) is 0 Å². The fourth-order valence-electron chi connectivity index (χ4n) is 2.09. The van der Waals surface area contributed by atoms with Gasteiger partial charge in [0.1, 0.15) is 0 Å². The fraction of sp³-hybridized carbons (Fsp3) is 0.786. The van der Waals surface area contributed by atoms with Gasteiger partial charge in [0.25, 0.3) is 0 Å². The molecule has 0 aromatic heterocycles. The van der Waals surface area contributed by atoms with Gasteiger partial charge < -0.3 is 5.11 Å². The molecule has 0 aromatic carbocycles. The van der Waals surface area contributed by atoms with Crippen LogP contribution in [0.5, 0.6) is 0 Å². The van der Waals surface area contributed by atoms with Crippen LogP contribution >= 0.6 is 0 Å². The number of rotatable bonds is 2. The molecule has 2 nitrogen and oxygen atoms in total. The summed E-state index contributed by atoms with van der Waals surface area (Å²) in [5.41, 5.74) is -0.571. The van der Waals surface area contributed by atoms with Crippen molar-refractivity contribution in [2.24, 2.45) is 10.8 Å². The first kappa shape index (κ1) is 17.8. The van der Waals surface area contributed by atoms with E-state index in [1.54, 1.807) is 0 Å². The molecule has 0 amide bonds. The third kappa shape index (κ3) is 5.11. The molecule has 0 bridgehead atoms. The third-order valence-corrected chi connectivity index (χ3v) is 3.59. The van der Waals surface area contributed by atoms with Crippen molar-refractivity contribution in [3.05, 3.63) is 11.8 Å². The van der Waals surface area contributed by atoms with E-state index in [2.05, 4.69) is 0 Å². The maximum Gasteiger partial charge on any atom is 2.00 e. The zero-order valence-electron chi connectivity index (χ0n) is 11.7. The summed E-state index contributed by atoms with van der Waals surface area (Å²) in [4.78, 5) is 9.84. The van der Waals surface area contributed by atoms with Crippen molar-refractivity contribution in [3.8, 4) is 0 Å². The summed E-state index contributed by atoms with van der Waals surface area (Å²) in [6.07, 6.45) is 6.86. The van der Waals surface area contributed by atoms with Crippen molar-refractivity contribution in [2.45, 2.75) is 59.8 Å². The molecule has 1 saturated carbocycles. The zero-order valence-corrected chi connectivity index (χ0v) is 16.1. The third-order valence-electron chi connectivity index (χ3n) is 3.59. The maximum atomic E-state index is 12.1. The molecule has 0 spiro atoms. The topological polar surface area (TPSA) is 44.5 Å². The molecule has 3 heteroatoms.